The van der Waals surface area contributed by atoms with Crippen LogP contribution in [0.4, 0.5) is 4.79 Å². The normalized spacial score (nSPS) is 17.6. The lowest BCUT2D eigenvalue weighted by molar-refractivity contribution is -0.142. The molecule has 0 unspecified atom stereocenters. The van der Waals surface area contributed by atoms with Gasteiger partial charge in [0.1, 0.15) is 6.04 Å². The lowest BCUT2D eigenvalue weighted by Crippen LogP contribution is -2.54. The van der Waals surface area contributed by atoms with Crippen molar-refractivity contribution in [3.63, 3.8) is 0 Å². The predicted molar refractivity (Wildman–Crippen MR) is 82.4 cm³/mol. The summed E-state index contributed by atoms with van der Waals surface area (Å²) >= 11 is 0. The molecule has 6 nitrogen and oxygen atoms in total. The molecule has 0 aromatic rings. The van der Waals surface area contributed by atoms with E-state index in [1.165, 1.54) is 6.42 Å². The van der Waals surface area contributed by atoms with Crippen LogP contribution in [0.3, 0.4) is 0 Å². The van der Waals surface area contributed by atoms with E-state index in [2.05, 4.69) is 0 Å². The van der Waals surface area contributed by atoms with Gasteiger partial charge in [0.25, 0.3) is 0 Å². The molecule has 0 radical (unpaired) electrons. The van der Waals surface area contributed by atoms with Gasteiger partial charge in [-0.25, -0.2) is 9.59 Å². The number of nitrogens with zero attached hydrogens (tertiary/aromatic N) is 3. The molecular formula is C15H29N3O3. The Bertz CT molecular complexity index is 354. The zero-order valence-corrected chi connectivity index (χ0v) is 13.7. The molecule has 0 bridgehead atoms. The van der Waals surface area contributed by atoms with E-state index >= 15 is 0 Å². The zero-order valence-electron chi connectivity index (χ0n) is 13.7. The van der Waals surface area contributed by atoms with Crippen molar-refractivity contribution in [1.82, 2.24) is 14.7 Å². The Hall–Kier alpha value is -1.30. The van der Waals surface area contributed by atoms with E-state index in [0.717, 1.165) is 32.2 Å². The molecule has 0 spiro atoms. The minimum Gasteiger partial charge on any atom is -0.480 e. The van der Waals surface area contributed by atoms with E-state index in [4.69, 9.17) is 0 Å². The van der Waals surface area contributed by atoms with E-state index in [-0.39, 0.29) is 12.1 Å². The molecule has 1 saturated carbocycles. The van der Waals surface area contributed by atoms with Crippen molar-refractivity contribution in [2.75, 3.05) is 34.2 Å². The number of amides is 2. The topological polar surface area (TPSA) is 64.1 Å². The molecule has 1 rings (SSSR count). The van der Waals surface area contributed by atoms with Crippen LogP contribution in [0.1, 0.15) is 39.0 Å². The summed E-state index contributed by atoms with van der Waals surface area (Å²) in [7, 11) is 5.66. The van der Waals surface area contributed by atoms with Crippen LogP contribution in [-0.4, -0.2) is 78.1 Å². The quantitative estimate of drug-likeness (QED) is 0.811. The van der Waals surface area contributed by atoms with Crippen LogP contribution in [0, 0.1) is 0 Å². The first kappa shape index (κ1) is 17.8. The van der Waals surface area contributed by atoms with Gasteiger partial charge >= 0.3 is 12.0 Å². The number of carboxylic acids is 1. The number of hydrogen-bond acceptors (Lipinski definition) is 3. The van der Waals surface area contributed by atoms with Gasteiger partial charge in [0.15, 0.2) is 0 Å². The summed E-state index contributed by atoms with van der Waals surface area (Å²) in [4.78, 5) is 29.2. The molecule has 122 valence electrons. The maximum absolute atomic E-state index is 12.7. The van der Waals surface area contributed by atoms with Crippen LogP contribution in [0.2, 0.25) is 0 Å². The first-order chi connectivity index (χ1) is 9.84. The van der Waals surface area contributed by atoms with Crippen LogP contribution >= 0.6 is 0 Å². The largest absolute Gasteiger partial charge is 0.480 e. The first-order valence-electron chi connectivity index (χ1n) is 7.75. The Kier molecular flexibility index (Phi) is 6.95. The highest BCUT2D eigenvalue weighted by Crippen LogP contribution is 2.25. The molecule has 0 aliphatic heterocycles. The fraction of sp³-hybridized carbons (Fsp3) is 0.867. The maximum atomic E-state index is 12.7. The van der Waals surface area contributed by atoms with Crippen LogP contribution in [0.25, 0.3) is 0 Å². The molecule has 6 heteroatoms. The van der Waals surface area contributed by atoms with E-state index in [9.17, 15) is 14.7 Å². The summed E-state index contributed by atoms with van der Waals surface area (Å²) in [5.41, 5.74) is 0. The summed E-state index contributed by atoms with van der Waals surface area (Å²) in [5, 5.41) is 9.31. The molecule has 2 amide bonds. The molecule has 21 heavy (non-hydrogen) atoms. The van der Waals surface area contributed by atoms with Crippen molar-refractivity contribution in [1.29, 1.82) is 0 Å². The van der Waals surface area contributed by atoms with Crippen LogP contribution < -0.4 is 0 Å². The highest BCUT2D eigenvalue weighted by molar-refractivity contribution is 5.82. The average molecular weight is 299 g/mol. The SMILES string of the molecule is C[C@@H](C(=O)O)N(C(=O)N(C)CCN(C)C)C1CCCCC1. The lowest BCUT2D eigenvalue weighted by atomic mass is 9.93. The second kappa shape index (κ2) is 8.22. The molecule has 1 aliphatic carbocycles. The van der Waals surface area contributed by atoms with Crippen LogP contribution in [0.5, 0.6) is 0 Å². The molecule has 0 saturated heterocycles. The lowest BCUT2D eigenvalue weighted by Gasteiger charge is -2.39. The van der Waals surface area contributed by atoms with Crippen molar-refractivity contribution in [3.8, 4) is 0 Å². The van der Waals surface area contributed by atoms with Crippen molar-refractivity contribution >= 4 is 12.0 Å². The number of urea groups is 1. The van der Waals surface area contributed by atoms with Gasteiger partial charge in [-0.1, -0.05) is 19.3 Å². The monoisotopic (exact) mass is 299 g/mol. The number of carbonyl (C=O) groups excluding carboxylic acids is 1. The predicted octanol–water partition coefficient (Wildman–Crippen LogP) is 1.71. The second-order valence-corrected chi connectivity index (χ2v) is 6.22. The average Bonchev–Trinajstić information content (AvgIpc) is 2.45. The number of aliphatic carboxylic acids is 1. The number of carboxylic acid groups (broad SMARTS) is 1. The van der Waals surface area contributed by atoms with Gasteiger partial charge in [0, 0.05) is 26.2 Å². The standard InChI is InChI=1S/C15H29N3O3/c1-12(14(19)20)18(13-8-6-5-7-9-13)15(21)17(4)11-10-16(2)3/h12-13H,5-11H2,1-4H3,(H,19,20)/t12-/m0/s1. The van der Waals surface area contributed by atoms with Crippen LogP contribution in [-0.2, 0) is 4.79 Å². The van der Waals surface area contributed by atoms with Crippen LogP contribution in [0.15, 0.2) is 0 Å². The summed E-state index contributed by atoms with van der Waals surface area (Å²) in [6.45, 7) is 2.97. The Morgan fingerprint density at radius 1 is 1.10 bits per heavy atom. The highest BCUT2D eigenvalue weighted by atomic mass is 16.4. The van der Waals surface area contributed by atoms with Gasteiger partial charge in [-0.2, -0.15) is 0 Å². The Morgan fingerprint density at radius 2 is 1.67 bits per heavy atom. The minimum absolute atomic E-state index is 0.0548. The van der Waals surface area contributed by atoms with Crippen molar-refractivity contribution in [2.45, 2.75) is 51.1 Å². The van der Waals surface area contributed by atoms with E-state index in [1.807, 2.05) is 19.0 Å². The number of hydrogen-bond donors (Lipinski definition) is 1. The van der Waals surface area contributed by atoms with Gasteiger partial charge in [-0.15, -0.1) is 0 Å². The Labute approximate surface area is 127 Å². The van der Waals surface area contributed by atoms with Crippen molar-refractivity contribution < 1.29 is 14.7 Å². The minimum atomic E-state index is -0.935. The molecule has 1 aliphatic rings. The third-order valence-electron chi connectivity index (χ3n) is 4.17. The molecule has 1 N–H and O–H groups in total. The van der Waals surface area contributed by atoms with Gasteiger partial charge in [0.2, 0.25) is 0 Å². The third-order valence-corrected chi connectivity index (χ3v) is 4.17. The smallest absolute Gasteiger partial charge is 0.326 e. The van der Waals surface area contributed by atoms with E-state index in [0.29, 0.717) is 6.54 Å². The molecule has 0 aromatic carbocycles. The molecule has 1 fully saturated rings. The van der Waals surface area contributed by atoms with Crippen molar-refractivity contribution in [3.05, 3.63) is 0 Å². The van der Waals surface area contributed by atoms with Gasteiger partial charge in [0.05, 0.1) is 0 Å². The second-order valence-electron chi connectivity index (χ2n) is 6.22. The third kappa shape index (κ3) is 5.19. The van der Waals surface area contributed by atoms with Gasteiger partial charge < -0.3 is 19.8 Å². The van der Waals surface area contributed by atoms with E-state index < -0.39 is 12.0 Å². The van der Waals surface area contributed by atoms with Gasteiger partial charge in [-0.05, 0) is 33.9 Å². The summed E-state index contributed by atoms with van der Waals surface area (Å²) in [6.07, 6.45) is 5.14. The highest BCUT2D eigenvalue weighted by Gasteiger charge is 2.34. The van der Waals surface area contributed by atoms with Gasteiger partial charge in [-0.3, -0.25) is 0 Å². The maximum Gasteiger partial charge on any atom is 0.326 e. The fourth-order valence-corrected chi connectivity index (χ4v) is 2.76. The molecule has 0 heterocycles. The summed E-state index contributed by atoms with van der Waals surface area (Å²) < 4.78 is 0. The number of carbonyl (C=O) groups is 2. The Balaban J connectivity index is 2.78. The number of likely N-dealkylation sites (N-methyl/N-ethyl adjacent to an activating group) is 2. The zero-order chi connectivity index (χ0) is 16.0. The Morgan fingerprint density at radius 3 is 2.14 bits per heavy atom. The molecule has 1 atom stereocenters. The first-order valence-corrected chi connectivity index (χ1v) is 7.75. The summed E-state index contributed by atoms with van der Waals surface area (Å²) in [6, 6.07) is -0.889. The summed E-state index contributed by atoms with van der Waals surface area (Å²) in [5.74, 6) is -0.935. The fourth-order valence-electron chi connectivity index (χ4n) is 2.76. The van der Waals surface area contributed by atoms with Crippen molar-refractivity contribution in [2.24, 2.45) is 0 Å². The number of rotatable bonds is 6. The molecule has 0 aromatic heterocycles. The molecular weight excluding hydrogens is 270 g/mol. The van der Waals surface area contributed by atoms with E-state index in [1.54, 1.807) is 23.8 Å².